The number of aromatic amines is 2. The number of aromatic nitrogens is 4. The number of nitrogens with zero attached hydrogens (tertiary/aromatic N) is 2. The van der Waals surface area contributed by atoms with Crippen LogP contribution in [0.15, 0.2) is 47.4 Å². The molecule has 3 N–H and O–H groups in total. The molecule has 8 heteroatoms. The Balaban J connectivity index is 0.00000192. The van der Waals surface area contributed by atoms with E-state index in [1.165, 1.54) is 16.9 Å². The lowest BCUT2D eigenvalue weighted by atomic mass is 9.91. The molecule has 0 amide bonds. The summed E-state index contributed by atoms with van der Waals surface area (Å²) in [5.74, 6) is 1.02. The van der Waals surface area contributed by atoms with Crippen LogP contribution in [0.3, 0.4) is 0 Å². The lowest BCUT2D eigenvalue weighted by Crippen LogP contribution is -2.23. The standard InChI is InChI=1S/C20H19N5OS.ClH/c1-11-14(10-22-25-11)16-9-15-18(27-16)20(26)24-19(23-15)17-13(7-8-21-17)12-5-3-2-4-6-12;/h2-6,9-10,13,17,21H,7-8H2,1H3,(H,22,25)(H,23,24,26);1H/t13?,17-;/m0./s1. The number of thiophene rings is 1. The second-order valence-corrected chi connectivity index (χ2v) is 7.97. The van der Waals surface area contributed by atoms with E-state index >= 15 is 0 Å². The van der Waals surface area contributed by atoms with Gasteiger partial charge < -0.3 is 10.3 Å². The van der Waals surface area contributed by atoms with Crippen molar-refractivity contribution in [2.45, 2.75) is 25.3 Å². The Bertz CT molecular complexity index is 1170. The predicted octanol–water partition coefficient (Wildman–Crippen LogP) is 3.92. The van der Waals surface area contributed by atoms with Crippen LogP contribution in [-0.2, 0) is 0 Å². The maximum Gasteiger partial charge on any atom is 0.268 e. The van der Waals surface area contributed by atoms with Crippen LogP contribution >= 0.6 is 23.7 Å². The van der Waals surface area contributed by atoms with Gasteiger partial charge in [0.15, 0.2) is 0 Å². The topological polar surface area (TPSA) is 86.5 Å². The maximum absolute atomic E-state index is 12.7. The lowest BCUT2D eigenvalue weighted by molar-refractivity contribution is 0.546. The molecule has 2 atom stereocenters. The minimum absolute atomic E-state index is 0. The van der Waals surface area contributed by atoms with E-state index in [1.807, 2.05) is 19.1 Å². The largest absolute Gasteiger partial charge is 0.308 e. The van der Waals surface area contributed by atoms with Gasteiger partial charge in [-0.25, -0.2) is 4.98 Å². The summed E-state index contributed by atoms with van der Waals surface area (Å²) >= 11 is 1.46. The van der Waals surface area contributed by atoms with E-state index < -0.39 is 0 Å². The number of H-pyrrole nitrogens is 2. The number of benzene rings is 1. The molecular weight excluding hydrogens is 394 g/mol. The van der Waals surface area contributed by atoms with E-state index in [4.69, 9.17) is 4.98 Å². The molecule has 1 aromatic carbocycles. The van der Waals surface area contributed by atoms with Crippen molar-refractivity contribution in [3.8, 4) is 10.4 Å². The van der Waals surface area contributed by atoms with Gasteiger partial charge in [-0.05, 0) is 31.5 Å². The zero-order valence-electron chi connectivity index (χ0n) is 15.2. The molecule has 5 rings (SSSR count). The monoisotopic (exact) mass is 413 g/mol. The Morgan fingerprint density at radius 2 is 2.04 bits per heavy atom. The summed E-state index contributed by atoms with van der Waals surface area (Å²) in [6.07, 6.45) is 2.82. The van der Waals surface area contributed by atoms with Crippen LogP contribution in [-0.4, -0.2) is 26.7 Å². The summed E-state index contributed by atoms with van der Waals surface area (Å²) in [6.45, 7) is 2.89. The third-order valence-corrected chi connectivity index (χ3v) is 6.40. The average molecular weight is 414 g/mol. The fourth-order valence-electron chi connectivity index (χ4n) is 3.89. The molecular formula is C20H20ClN5OS. The Morgan fingerprint density at radius 1 is 1.21 bits per heavy atom. The first kappa shape index (κ1) is 18.9. The first-order valence-corrected chi connectivity index (χ1v) is 9.85. The van der Waals surface area contributed by atoms with Crippen LogP contribution in [0.5, 0.6) is 0 Å². The molecule has 1 saturated heterocycles. The third kappa shape index (κ3) is 3.15. The summed E-state index contributed by atoms with van der Waals surface area (Å²) < 4.78 is 0.656. The minimum Gasteiger partial charge on any atom is -0.308 e. The van der Waals surface area contributed by atoms with E-state index in [-0.39, 0.29) is 24.0 Å². The number of aryl methyl sites for hydroxylation is 1. The van der Waals surface area contributed by atoms with Gasteiger partial charge >= 0.3 is 0 Å². The maximum atomic E-state index is 12.7. The van der Waals surface area contributed by atoms with Crippen molar-refractivity contribution in [2.24, 2.45) is 0 Å². The van der Waals surface area contributed by atoms with Gasteiger partial charge in [-0.1, -0.05) is 30.3 Å². The molecule has 0 spiro atoms. The van der Waals surface area contributed by atoms with E-state index in [9.17, 15) is 4.79 Å². The highest BCUT2D eigenvalue weighted by Gasteiger charge is 2.31. The zero-order valence-corrected chi connectivity index (χ0v) is 16.9. The van der Waals surface area contributed by atoms with E-state index in [0.717, 1.165) is 34.6 Å². The normalized spacial score (nSPS) is 19.0. The highest BCUT2D eigenvalue weighted by Crippen LogP contribution is 2.37. The van der Waals surface area contributed by atoms with Gasteiger partial charge in [0.25, 0.3) is 5.56 Å². The van der Waals surface area contributed by atoms with Gasteiger partial charge in [0.1, 0.15) is 10.5 Å². The van der Waals surface area contributed by atoms with Crippen LogP contribution in [0.2, 0.25) is 0 Å². The summed E-state index contributed by atoms with van der Waals surface area (Å²) in [4.78, 5) is 21.6. The molecule has 0 saturated carbocycles. The predicted molar refractivity (Wildman–Crippen MR) is 114 cm³/mol. The fourth-order valence-corrected chi connectivity index (χ4v) is 4.95. The number of nitrogens with one attached hydrogen (secondary N) is 3. The molecule has 1 fully saturated rings. The van der Waals surface area contributed by atoms with Gasteiger partial charge in [0.05, 0.1) is 17.8 Å². The molecule has 4 aromatic rings. The van der Waals surface area contributed by atoms with Gasteiger partial charge in [0.2, 0.25) is 0 Å². The first-order valence-electron chi connectivity index (χ1n) is 9.03. The van der Waals surface area contributed by atoms with Crippen LogP contribution in [0.4, 0.5) is 0 Å². The molecule has 0 aliphatic carbocycles. The second kappa shape index (κ2) is 7.50. The molecule has 28 heavy (non-hydrogen) atoms. The zero-order chi connectivity index (χ0) is 18.4. The van der Waals surface area contributed by atoms with Gasteiger partial charge in [-0.3, -0.25) is 9.89 Å². The average Bonchev–Trinajstić information content (AvgIpc) is 3.41. The SMILES string of the molecule is Cc1[nH]ncc1-c1cc2nc([C@H]3NCCC3c3ccccc3)[nH]c(=O)c2s1.Cl. The van der Waals surface area contributed by atoms with Crippen LogP contribution in [0.25, 0.3) is 20.7 Å². The van der Waals surface area contributed by atoms with Gasteiger partial charge in [-0.15, -0.1) is 23.7 Å². The molecule has 6 nitrogen and oxygen atoms in total. The number of fused-ring (bicyclic) bond motifs is 1. The minimum atomic E-state index is -0.0760. The quantitative estimate of drug-likeness (QED) is 0.475. The van der Waals surface area contributed by atoms with E-state index in [1.54, 1.807) is 6.20 Å². The molecule has 1 aliphatic rings. The number of halogens is 1. The molecule has 1 unspecified atom stereocenters. The van der Waals surface area contributed by atoms with Crippen molar-refractivity contribution in [1.29, 1.82) is 0 Å². The van der Waals surface area contributed by atoms with Gasteiger partial charge in [0, 0.05) is 22.1 Å². The van der Waals surface area contributed by atoms with Crippen molar-refractivity contribution < 1.29 is 0 Å². The summed E-state index contributed by atoms with van der Waals surface area (Å²) in [5.41, 5.74) is 3.94. The lowest BCUT2D eigenvalue weighted by Gasteiger charge is -2.19. The second-order valence-electron chi connectivity index (χ2n) is 6.92. The Kier molecular flexibility index (Phi) is 5.05. The van der Waals surface area contributed by atoms with Crippen molar-refractivity contribution >= 4 is 34.0 Å². The molecule has 0 bridgehead atoms. The molecule has 1 aliphatic heterocycles. The summed E-state index contributed by atoms with van der Waals surface area (Å²) in [7, 11) is 0. The Labute approximate surface area is 171 Å². The highest BCUT2D eigenvalue weighted by molar-refractivity contribution is 7.22. The van der Waals surface area contributed by atoms with E-state index in [2.05, 4.69) is 44.8 Å². The van der Waals surface area contributed by atoms with E-state index in [0.29, 0.717) is 16.4 Å². The molecule has 0 radical (unpaired) electrons. The number of hydrogen-bond acceptors (Lipinski definition) is 5. The third-order valence-electron chi connectivity index (χ3n) is 5.24. The van der Waals surface area contributed by atoms with Gasteiger partial charge in [-0.2, -0.15) is 5.10 Å². The molecule has 4 heterocycles. The van der Waals surface area contributed by atoms with Crippen molar-refractivity contribution in [2.75, 3.05) is 6.54 Å². The van der Waals surface area contributed by atoms with Crippen LogP contribution in [0.1, 0.15) is 35.5 Å². The first-order chi connectivity index (χ1) is 13.2. The Hall–Kier alpha value is -2.48. The number of hydrogen-bond donors (Lipinski definition) is 3. The smallest absolute Gasteiger partial charge is 0.268 e. The molecule has 3 aromatic heterocycles. The van der Waals surface area contributed by atoms with Crippen molar-refractivity contribution in [3.05, 3.63) is 70.0 Å². The highest BCUT2D eigenvalue weighted by atomic mass is 35.5. The van der Waals surface area contributed by atoms with Crippen LogP contribution in [0, 0.1) is 6.92 Å². The molecule has 144 valence electrons. The van der Waals surface area contributed by atoms with Crippen LogP contribution < -0.4 is 10.9 Å². The van der Waals surface area contributed by atoms with Crippen molar-refractivity contribution in [3.63, 3.8) is 0 Å². The number of rotatable bonds is 3. The summed E-state index contributed by atoms with van der Waals surface area (Å²) in [6, 6.07) is 12.4. The Morgan fingerprint density at radius 3 is 2.79 bits per heavy atom. The fraction of sp³-hybridized carbons (Fsp3) is 0.250. The van der Waals surface area contributed by atoms with Crippen molar-refractivity contribution in [1.82, 2.24) is 25.5 Å². The summed E-state index contributed by atoms with van der Waals surface area (Å²) in [5, 5.41) is 10.5.